The minimum atomic E-state index is 0.0345. The predicted molar refractivity (Wildman–Crippen MR) is 232 cm³/mol. The fourth-order valence-corrected chi connectivity index (χ4v) is 6.73. The number of benzene rings is 8. The first-order valence-corrected chi connectivity index (χ1v) is 18.4. The Labute approximate surface area is 322 Å². The fraction of sp³-hybridized carbons (Fsp3) is 0.0392. The minimum absolute atomic E-state index is 0.0345. The number of fused-ring (bicyclic) bond motifs is 3. The van der Waals surface area contributed by atoms with E-state index in [4.69, 9.17) is 21.3 Å². The van der Waals surface area contributed by atoms with Crippen molar-refractivity contribution in [3.05, 3.63) is 217 Å². The molecule has 9 aromatic rings. The van der Waals surface area contributed by atoms with E-state index in [0.29, 0.717) is 12.1 Å². The van der Waals surface area contributed by atoms with E-state index >= 15 is 0 Å². The second kappa shape index (κ2) is 17.2. The van der Waals surface area contributed by atoms with E-state index in [0.717, 1.165) is 44.2 Å². The van der Waals surface area contributed by atoms with Gasteiger partial charge in [0.1, 0.15) is 17.0 Å². The Kier molecular flexibility index (Phi) is 11.4. The van der Waals surface area contributed by atoms with Crippen LogP contribution in [0.25, 0.3) is 66.4 Å². The van der Waals surface area contributed by atoms with Gasteiger partial charge in [-0.05, 0) is 87.3 Å². The van der Waals surface area contributed by atoms with Crippen molar-refractivity contribution in [3.63, 3.8) is 0 Å². The highest BCUT2D eigenvalue weighted by Gasteiger charge is 2.15. The monoisotopic (exact) mass is 713 g/mol. The average molecular weight is 714 g/mol. The number of furan rings is 1. The van der Waals surface area contributed by atoms with E-state index < -0.39 is 0 Å². The molecule has 9 rings (SSSR count). The highest BCUT2D eigenvalue weighted by Crippen LogP contribution is 2.38. The maximum Gasteiger partial charge on any atom is 0.136 e. The lowest BCUT2D eigenvalue weighted by Gasteiger charge is -2.13. The molecule has 55 heavy (non-hydrogen) atoms. The van der Waals surface area contributed by atoms with Gasteiger partial charge >= 0.3 is 0 Å². The number of nitrogens with two attached hydrogens (primary N) is 2. The molecule has 0 atom stereocenters. The maximum absolute atomic E-state index is 8.08. The van der Waals surface area contributed by atoms with Gasteiger partial charge in [-0.2, -0.15) is 0 Å². The number of rotatable bonds is 6. The van der Waals surface area contributed by atoms with Gasteiger partial charge in [-0.25, -0.2) is 0 Å². The highest BCUT2D eigenvalue weighted by atomic mass is 16.3. The predicted octanol–water partition coefficient (Wildman–Crippen LogP) is 12.7. The van der Waals surface area contributed by atoms with Crippen molar-refractivity contribution in [1.29, 1.82) is 5.41 Å². The fourth-order valence-electron chi connectivity index (χ4n) is 6.73. The molecule has 5 N–H and O–H groups in total. The molecule has 0 aliphatic carbocycles. The van der Waals surface area contributed by atoms with Crippen molar-refractivity contribution < 1.29 is 4.42 Å². The van der Waals surface area contributed by atoms with Gasteiger partial charge < -0.3 is 15.9 Å². The molecule has 0 saturated carbocycles. The normalized spacial score (nSPS) is 10.6. The molecule has 1 heterocycles. The van der Waals surface area contributed by atoms with E-state index in [1.807, 2.05) is 78.9 Å². The molecule has 4 nitrogen and oxygen atoms in total. The van der Waals surface area contributed by atoms with E-state index in [1.165, 1.54) is 33.4 Å². The van der Waals surface area contributed by atoms with Crippen molar-refractivity contribution in [3.8, 4) is 44.5 Å². The first-order valence-electron chi connectivity index (χ1n) is 18.4. The SMILES string of the molecule is Cc1ccccc1.N=C(N)c1cccc2oc3ccc(-c4ccccc4-c4cccc(-c5cccc(-c6ccccc6)c5)c4)cc3c12.NCc1ccccc1. The van der Waals surface area contributed by atoms with Crippen LogP contribution in [0, 0.1) is 12.3 Å². The number of aryl methyl sites for hydroxylation is 1. The Morgan fingerprint density at radius 2 is 0.964 bits per heavy atom. The maximum atomic E-state index is 8.08. The summed E-state index contributed by atoms with van der Waals surface area (Å²) >= 11 is 0. The number of amidine groups is 1. The van der Waals surface area contributed by atoms with E-state index in [9.17, 15) is 0 Å². The molecule has 0 radical (unpaired) electrons. The molecule has 0 aliphatic rings. The van der Waals surface area contributed by atoms with Gasteiger partial charge in [-0.15, -0.1) is 0 Å². The zero-order valence-corrected chi connectivity index (χ0v) is 30.8. The summed E-state index contributed by atoms with van der Waals surface area (Å²) in [6.07, 6.45) is 0. The van der Waals surface area contributed by atoms with Crippen molar-refractivity contribution >= 4 is 27.8 Å². The van der Waals surface area contributed by atoms with Gasteiger partial charge in [-0.1, -0.05) is 175 Å². The summed E-state index contributed by atoms with van der Waals surface area (Å²) in [5.41, 5.74) is 25.3. The number of hydrogen-bond donors (Lipinski definition) is 3. The summed E-state index contributed by atoms with van der Waals surface area (Å²) in [7, 11) is 0. The Morgan fingerprint density at radius 1 is 0.473 bits per heavy atom. The molecule has 8 aromatic carbocycles. The average Bonchev–Trinajstić information content (AvgIpc) is 3.63. The molecule has 0 spiro atoms. The minimum Gasteiger partial charge on any atom is -0.456 e. The summed E-state index contributed by atoms with van der Waals surface area (Å²) in [5, 5.41) is 9.92. The third kappa shape index (κ3) is 8.63. The zero-order chi connectivity index (χ0) is 38.0. The van der Waals surface area contributed by atoms with Gasteiger partial charge in [0.15, 0.2) is 0 Å². The van der Waals surface area contributed by atoms with Crippen LogP contribution in [0.5, 0.6) is 0 Å². The van der Waals surface area contributed by atoms with Crippen molar-refractivity contribution in [1.82, 2.24) is 0 Å². The summed E-state index contributed by atoms with van der Waals surface area (Å²) in [4.78, 5) is 0. The third-order valence-electron chi connectivity index (χ3n) is 9.52. The molecule has 0 fully saturated rings. The topological polar surface area (TPSA) is 89.0 Å². The molecule has 4 heteroatoms. The summed E-state index contributed by atoms with van der Waals surface area (Å²) in [6, 6.07) is 68.6. The van der Waals surface area contributed by atoms with Gasteiger partial charge in [0.2, 0.25) is 0 Å². The lowest BCUT2D eigenvalue weighted by Crippen LogP contribution is -2.11. The first-order chi connectivity index (χ1) is 27.0. The Hall–Kier alpha value is -7.01. The second-order valence-corrected chi connectivity index (χ2v) is 13.3. The standard InChI is InChI=1S/C37H26N2O.C7H9N.C7H8/c38-37(39)32-17-8-18-35-36(32)33-23-29(19-20-34(33)40-35)31-16-5-4-15-30(31)28-14-7-13-27(22-28)26-12-6-11-25(21-26)24-9-2-1-3-10-24;8-6-7-4-2-1-3-5-7;1-7-5-3-2-4-6-7/h1-23H,(H3,38,39);1-5H,6,8H2;2-6H,1H3. The molecular formula is C51H43N3O. The van der Waals surface area contributed by atoms with E-state index in [1.54, 1.807) is 0 Å². The van der Waals surface area contributed by atoms with Gasteiger partial charge in [0.05, 0.1) is 0 Å². The molecule has 0 bridgehead atoms. The largest absolute Gasteiger partial charge is 0.456 e. The molecule has 0 unspecified atom stereocenters. The molecule has 0 saturated heterocycles. The lowest BCUT2D eigenvalue weighted by molar-refractivity contribution is 0.669. The zero-order valence-electron chi connectivity index (χ0n) is 30.8. The molecule has 1 aromatic heterocycles. The van der Waals surface area contributed by atoms with Crippen LogP contribution in [0.2, 0.25) is 0 Å². The van der Waals surface area contributed by atoms with Crippen LogP contribution in [0.15, 0.2) is 205 Å². The van der Waals surface area contributed by atoms with Crippen molar-refractivity contribution in [2.24, 2.45) is 11.5 Å². The van der Waals surface area contributed by atoms with Crippen molar-refractivity contribution in [2.75, 3.05) is 0 Å². The van der Waals surface area contributed by atoms with Crippen LogP contribution < -0.4 is 11.5 Å². The summed E-state index contributed by atoms with van der Waals surface area (Å²) in [6.45, 7) is 2.72. The third-order valence-corrected chi connectivity index (χ3v) is 9.52. The first kappa shape index (κ1) is 36.4. The Morgan fingerprint density at radius 3 is 1.53 bits per heavy atom. The lowest BCUT2D eigenvalue weighted by atomic mass is 9.91. The quantitative estimate of drug-likeness (QED) is 0.118. The van der Waals surface area contributed by atoms with Crippen LogP contribution in [-0.2, 0) is 6.54 Å². The smallest absolute Gasteiger partial charge is 0.136 e. The summed E-state index contributed by atoms with van der Waals surface area (Å²) < 4.78 is 6.10. The van der Waals surface area contributed by atoms with Crippen LogP contribution in [0.1, 0.15) is 16.7 Å². The second-order valence-electron chi connectivity index (χ2n) is 13.3. The van der Waals surface area contributed by atoms with E-state index in [2.05, 4.69) is 128 Å². The highest BCUT2D eigenvalue weighted by molar-refractivity contribution is 6.17. The van der Waals surface area contributed by atoms with E-state index in [-0.39, 0.29) is 5.84 Å². The van der Waals surface area contributed by atoms with Gasteiger partial charge in [0, 0.05) is 22.9 Å². The molecule has 0 aliphatic heterocycles. The Bertz CT molecular complexity index is 2660. The van der Waals surface area contributed by atoms with Gasteiger partial charge in [-0.3, -0.25) is 5.41 Å². The van der Waals surface area contributed by atoms with Crippen LogP contribution in [0.3, 0.4) is 0 Å². The summed E-state index contributed by atoms with van der Waals surface area (Å²) in [5.74, 6) is 0.0345. The van der Waals surface area contributed by atoms with Crippen LogP contribution in [-0.4, -0.2) is 5.84 Å². The number of nitrogens with one attached hydrogen (secondary N) is 1. The number of hydrogen-bond acceptors (Lipinski definition) is 3. The van der Waals surface area contributed by atoms with Gasteiger partial charge in [0.25, 0.3) is 0 Å². The van der Waals surface area contributed by atoms with Crippen molar-refractivity contribution in [2.45, 2.75) is 13.5 Å². The molecular weight excluding hydrogens is 671 g/mol. The van der Waals surface area contributed by atoms with Crippen LogP contribution >= 0.6 is 0 Å². The Balaban J connectivity index is 0.000000258. The number of nitrogen functional groups attached to an aromatic ring is 1. The molecule has 268 valence electrons. The molecule has 0 amide bonds. The van der Waals surface area contributed by atoms with Crippen LogP contribution in [0.4, 0.5) is 0 Å².